The van der Waals surface area contributed by atoms with Gasteiger partial charge in [0.05, 0.1) is 27.4 Å². The van der Waals surface area contributed by atoms with Crippen LogP contribution in [0.25, 0.3) is 0 Å². The summed E-state index contributed by atoms with van der Waals surface area (Å²) in [6.45, 7) is 2.14. The molecule has 0 aromatic heterocycles. The van der Waals surface area contributed by atoms with Gasteiger partial charge >= 0.3 is 0 Å². The molecule has 122 valence electrons. The molecular weight excluding hydrogens is 286 g/mol. The average Bonchev–Trinajstić information content (AvgIpc) is 2.52. The van der Waals surface area contributed by atoms with Crippen LogP contribution in [0.5, 0.6) is 17.2 Å². The van der Waals surface area contributed by atoms with Gasteiger partial charge in [-0.25, -0.2) is 0 Å². The molecule has 2 unspecified atom stereocenters. The van der Waals surface area contributed by atoms with Gasteiger partial charge in [-0.15, -0.1) is 0 Å². The lowest BCUT2D eigenvalue weighted by Gasteiger charge is -2.30. The van der Waals surface area contributed by atoms with Crippen molar-refractivity contribution in [1.29, 1.82) is 0 Å². The van der Waals surface area contributed by atoms with Gasteiger partial charge in [-0.05, 0) is 30.5 Å². The molecule has 1 aromatic carbocycles. The molecule has 1 saturated heterocycles. The fourth-order valence-electron chi connectivity index (χ4n) is 2.73. The van der Waals surface area contributed by atoms with Crippen LogP contribution in [0.4, 0.5) is 0 Å². The zero-order chi connectivity index (χ0) is 16.1. The first-order chi connectivity index (χ1) is 10.6. The van der Waals surface area contributed by atoms with E-state index in [-0.39, 0.29) is 18.1 Å². The van der Waals surface area contributed by atoms with Gasteiger partial charge in [0.15, 0.2) is 11.5 Å². The number of carbonyl (C=O) groups excluding carboxylic acids is 1. The van der Waals surface area contributed by atoms with E-state index in [0.29, 0.717) is 23.9 Å². The lowest BCUT2D eigenvalue weighted by molar-refractivity contribution is -0.120. The Morgan fingerprint density at radius 2 is 1.82 bits per heavy atom. The van der Waals surface area contributed by atoms with Crippen LogP contribution in [0.1, 0.15) is 31.4 Å². The molecule has 0 radical (unpaired) electrons. The molecule has 1 heterocycles. The maximum atomic E-state index is 11.2. The summed E-state index contributed by atoms with van der Waals surface area (Å²) in [5.41, 5.74) is 0.949. The zero-order valence-electron chi connectivity index (χ0n) is 13.5. The lowest BCUT2D eigenvalue weighted by atomic mass is 9.96. The minimum absolute atomic E-state index is 0.0180. The number of methoxy groups -OCH3 is 3. The summed E-state index contributed by atoms with van der Waals surface area (Å²) in [5, 5.41) is 2.96. The molecule has 1 aliphatic heterocycles. The predicted molar refractivity (Wildman–Crippen MR) is 81.6 cm³/mol. The van der Waals surface area contributed by atoms with Crippen LogP contribution < -0.4 is 19.5 Å². The Labute approximate surface area is 130 Å². The Balaban J connectivity index is 2.25. The van der Waals surface area contributed by atoms with E-state index < -0.39 is 0 Å². The number of rotatable bonds is 5. The standard InChI is InChI=1S/C16H23NO5/c1-10(18)17-12-5-6-22-13(9-12)11-7-14(19-2)16(21-4)15(8-11)20-3/h7-8,12-13H,5-6,9H2,1-4H3,(H,17,18). The van der Waals surface area contributed by atoms with Crippen molar-refractivity contribution in [2.75, 3.05) is 27.9 Å². The topological polar surface area (TPSA) is 66.0 Å². The summed E-state index contributed by atoms with van der Waals surface area (Å²) in [6.07, 6.45) is 1.43. The first-order valence-corrected chi connectivity index (χ1v) is 7.27. The monoisotopic (exact) mass is 309 g/mol. The number of amides is 1. The normalized spacial score (nSPS) is 21.1. The second kappa shape index (κ2) is 7.35. The molecule has 0 aliphatic carbocycles. The summed E-state index contributed by atoms with van der Waals surface area (Å²) in [5.74, 6) is 1.74. The molecule has 2 atom stereocenters. The van der Waals surface area contributed by atoms with Crippen molar-refractivity contribution in [1.82, 2.24) is 5.32 Å². The lowest BCUT2D eigenvalue weighted by Crippen LogP contribution is -2.38. The van der Waals surface area contributed by atoms with Gasteiger partial charge in [-0.2, -0.15) is 0 Å². The van der Waals surface area contributed by atoms with Crippen molar-refractivity contribution in [3.05, 3.63) is 17.7 Å². The highest BCUT2D eigenvalue weighted by molar-refractivity contribution is 5.73. The minimum atomic E-state index is -0.112. The van der Waals surface area contributed by atoms with Crippen LogP contribution in [0.2, 0.25) is 0 Å². The van der Waals surface area contributed by atoms with Crippen LogP contribution in [-0.2, 0) is 9.53 Å². The maximum absolute atomic E-state index is 11.2. The number of ether oxygens (including phenoxy) is 4. The van der Waals surface area contributed by atoms with Crippen LogP contribution in [-0.4, -0.2) is 39.9 Å². The van der Waals surface area contributed by atoms with Crippen LogP contribution in [0, 0.1) is 0 Å². The van der Waals surface area contributed by atoms with Crippen molar-refractivity contribution in [2.45, 2.75) is 31.9 Å². The predicted octanol–water partition coefficient (Wildman–Crippen LogP) is 2.07. The van der Waals surface area contributed by atoms with Gasteiger partial charge < -0.3 is 24.3 Å². The molecule has 6 nitrogen and oxygen atoms in total. The second-order valence-corrected chi connectivity index (χ2v) is 5.24. The Morgan fingerprint density at radius 3 is 2.32 bits per heavy atom. The van der Waals surface area contributed by atoms with E-state index in [1.54, 1.807) is 21.3 Å². The van der Waals surface area contributed by atoms with Gasteiger partial charge in [0.25, 0.3) is 0 Å². The van der Waals surface area contributed by atoms with E-state index in [1.807, 2.05) is 12.1 Å². The van der Waals surface area contributed by atoms with E-state index in [2.05, 4.69) is 5.32 Å². The second-order valence-electron chi connectivity index (χ2n) is 5.24. The molecule has 0 spiro atoms. The number of hydrogen-bond donors (Lipinski definition) is 1. The summed E-state index contributed by atoms with van der Waals surface area (Å²) < 4.78 is 21.9. The summed E-state index contributed by atoms with van der Waals surface area (Å²) >= 11 is 0. The van der Waals surface area contributed by atoms with E-state index in [4.69, 9.17) is 18.9 Å². The van der Waals surface area contributed by atoms with E-state index in [0.717, 1.165) is 18.4 Å². The molecule has 1 aromatic rings. The third-order valence-electron chi connectivity index (χ3n) is 3.75. The number of benzene rings is 1. The number of nitrogens with one attached hydrogen (secondary N) is 1. The largest absolute Gasteiger partial charge is 0.493 e. The maximum Gasteiger partial charge on any atom is 0.217 e. The third-order valence-corrected chi connectivity index (χ3v) is 3.75. The smallest absolute Gasteiger partial charge is 0.217 e. The molecule has 0 bridgehead atoms. The average molecular weight is 309 g/mol. The highest BCUT2D eigenvalue weighted by Gasteiger charge is 2.26. The Morgan fingerprint density at radius 1 is 1.18 bits per heavy atom. The summed E-state index contributed by atoms with van der Waals surface area (Å²) in [6, 6.07) is 3.90. The SMILES string of the molecule is COc1cc(C2CC(NC(C)=O)CCO2)cc(OC)c1OC. The Hall–Kier alpha value is -1.95. The van der Waals surface area contributed by atoms with E-state index in [1.165, 1.54) is 6.92 Å². The van der Waals surface area contributed by atoms with E-state index in [9.17, 15) is 4.79 Å². The molecule has 1 N–H and O–H groups in total. The van der Waals surface area contributed by atoms with Crippen LogP contribution in [0.15, 0.2) is 12.1 Å². The molecule has 6 heteroatoms. The zero-order valence-corrected chi connectivity index (χ0v) is 13.5. The highest BCUT2D eigenvalue weighted by Crippen LogP contribution is 2.41. The van der Waals surface area contributed by atoms with Crippen molar-refractivity contribution < 1.29 is 23.7 Å². The molecule has 1 fully saturated rings. The molecule has 1 amide bonds. The van der Waals surface area contributed by atoms with Crippen molar-refractivity contribution in [2.24, 2.45) is 0 Å². The van der Waals surface area contributed by atoms with Crippen LogP contribution in [0.3, 0.4) is 0 Å². The van der Waals surface area contributed by atoms with Gasteiger partial charge in [0.1, 0.15) is 0 Å². The highest BCUT2D eigenvalue weighted by atomic mass is 16.5. The molecular formula is C16H23NO5. The van der Waals surface area contributed by atoms with Crippen LogP contribution >= 0.6 is 0 Å². The van der Waals surface area contributed by atoms with Crippen molar-refractivity contribution in [3.63, 3.8) is 0 Å². The third kappa shape index (κ3) is 3.62. The van der Waals surface area contributed by atoms with Gasteiger partial charge in [0, 0.05) is 19.6 Å². The fraction of sp³-hybridized carbons (Fsp3) is 0.562. The fourth-order valence-corrected chi connectivity index (χ4v) is 2.73. The van der Waals surface area contributed by atoms with E-state index >= 15 is 0 Å². The van der Waals surface area contributed by atoms with Gasteiger partial charge in [-0.3, -0.25) is 4.79 Å². The quantitative estimate of drug-likeness (QED) is 0.902. The summed E-state index contributed by atoms with van der Waals surface area (Å²) in [7, 11) is 4.75. The Bertz CT molecular complexity index is 506. The number of carbonyl (C=O) groups is 1. The van der Waals surface area contributed by atoms with Gasteiger partial charge in [-0.1, -0.05) is 0 Å². The molecule has 1 aliphatic rings. The first kappa shape index (κ1) is 16.4. The minimum Gasteiger partial charge on any atom is -0.493 e. The van der Waals surface area contributed by atoms with Crippen molar-refractivity contribution in [3.8, 4) is 17.2 Å². The molecule has 22 heavy (non-hydrogen) atoms. The van der Waals surface area contributed by atoms with Crippen molar-refractivity contribution >= 4 is 5.91 Å². The molecule has 0 saturated carbocycles. The molecule has 2 rings (SSSR count). The summed E-state index contributed by atoms with van der Waals surface area (Å²) in [4.78, 5) is 11.2. The number of hydrogen-bond acceptors (Lipinski definition) is 5. The Kier molecular flexibility index (Phi) is 5.49. The first-order valence-electron chi connectivity index (χ1n) is 7.27. The van der Waals surface area contributed by atoms with Gasteiger partial charge in [0.2, 0.25) is 11.7 Å².